The lowest BCUT2D eigenvalue weighted by Gasteiger charge is -2.12. The maximum Gasteiger partial charge on any atom is 0.127 e. The highest BCUT2D eigenvalue weighted by atomic mass is 16.3. The molecule has 15 heavy (non-hydrogen) atoms. The number of anilines is 1. The molecule has 0 aliphatic heterocycles. The molecule has 78 valence electrons. The minimum absolute atomic E-state index is 0.0598. The van der Waals surface area contributed by atoms with E-state index in [9.17, 15) is 0 Å². The third-order valence-electron chi connectivity index (χ3n) is 2.83. The smallest absolute Gasteiger partial charge is 0.127 e. The van der Waals surface area contributed by atoms with Crippen LogP contribution in [0.5, 0.6) is 0 Å². The van der Waals surface area contributed by atoms with Gasteiger partial charge in [0, 0.05) is 18.2 Å². The highest BCUT2D eigenvalue weighted by Crippen LogP contribution is 2.44. The Balaban J connectivity index is 1.96. The second kappa shape index (κ2) is 3.87. The molecule has 0 saturated heterocycles. The maximum absolute atomic E-state index is 9.12. The van der Waals surface area contributed by atoms with E-state index in [-0.39, 0.29) is 12.0 Å². The van der Waals surface area contributed by atoms with Crippen LogP contribution in [0.25, 0.3) is 0 Å². The summed E-state index contributed by atoms with van der Waals surface area (Å²) in [5.41, 5.74) is 0.658. The third kappa shape index (κ3) is 2.25. The fourth-order valence-electron chi connectivity index (χ4n) is 1.44. The number of hydrogen-bond donors (Lipinski definition) is 2. The van der Waals surface area contributed by atoms with Crippen molar-refractivity contribution in [2.75, 3.05) is 18.5 Å². The zero-order chi connectivity index (χ0) is 10.7. The molecule has 0 aromatic carbocycles. The Bertz CT molecular complexity index is 393. The molecule has 0 radical (unpaired) electrons. The summed E-state index contributed by atoms with van der Waals surface area (Å²) in [6, 6.07) is 5.45. The minimum atomic E-state index is 0.0598. The lowest BCUT2D eigenvalue weighted by molar-refractivity contribution is 0.219. The predicted octanol–water partition coefficient (Wildman–Crippen LogP) is 1.14. The Morgan fingerprint density at radius 2 is 2.40 bits per heavy atom. The molecule has 4 heteroatoms. The van der Waals surface area contributed by atoms with Gasteiger partial charge in [0.1, 0.15) is 5.82 Å². The number of hydrogen-bond acceptors (Lipinski definition) is 4. The Hall–Kier alpha value is -1.60. The first-order chi connectivity index (χ1) is 7.28. The summed E-state index contributed by atoms with van der Waals surface area (Å²) in [6.07, 6.45) is 3.74. The van der Waals surface area contributed by atoms with E-state index in [1.165, 1.54) is 0 Å². The largest absolute Gasteiger partial charge is 0.396 e. The van der Waals surface area contributed by atoms with E-state index in [1.807, 2.05) is 0 Å². The molecule has 0 spiro atoms. The highest BCUT2D eigenvalue weighted by molar-refractivity contribution is 5.42. The first kappa shape index (κ1) is 9.94. The molecule has 2 N–H and O–H groups in total. The van der Waals surface area contributed by atoms with Crippen molar-refractivity contribution in [3.05, 3.63) is 23.9 Å². The second-order valence-corrected chi connectivity index (χ2v) is 4.05. The van der Waals surface area contributed by atoms with Crippen LogP contribution in [0.1, 0.15) is 18.4 Å². The molecule has 0 amide bonds. The van der Waals surface area contributed by atoms with Crippen LogP contribution >= 0.6 is 0 Å². The normalized spacial score (nSPS) is 16.8. The van der Waals surface area contributed by atoms with E-state index in [0.29, 0.717) is 11.4 Å². The lowest BCUT2D eigenvalue weighted by atomic mass is 10.1. The standard InChI is InChI=1S/C11H13N3O/c12-6-9-1-4-13-10(5-9)14-7-11(8-15)2-3-11/h1,4-5,15H,2-3,7-8H2,(H,13,14). The molecule has 1 heterocycles. The van der Waals surface area contributed by atoms with Crippen LogP contribution in [0.3, 0.4) is 0 Å². The van der Waals surface area contributed by atoms with Crippen LogP contribution in [0.2, 0.25) is 0 Å². The number of aromatic nitrogens is 1. The average molecular weight is 203 g/mol. The van der Waals surface area contributed by atoms with E-state index in [0.717, 1.165) is 19.4 Å². The van der Waals surface area contributed by atoms with Gasteiger partial charge in [-0.25, -0.2) is 4.98 Å². The third-order valence-corrected chi connectivity index (χ3v) is 2.83. The summed E-state index contributed by atoms with van der Waals surface area (Å²) in [5.74, 6) is 0.703. The molecular weight excluding hydrogens is 190 g/mol. The van der Waals surface area contributed by atoms with Gasteiger partial charge in [-0.1, -0.05) is 0 Å². The van der Waals surface area contributed by atoms with Crippen molar-refractivity contribution in [3.8, 4) is 6.07 Å². The fourth-order valence-corrected chi connectivity index (χ4v) is 1.44. The van der Waals surface area contributed by atoms with Crippen LogP contribution < -0.4 is 5.32 Å². The SMILES string of the molecule is N#Cc1ccnc(NCC2(CO)CC2)c1. The monoisotopic (exact) mass is 203 g/mol. The molecular formula is C11H13N3O. The molecule has 2 rings (SSSR count). The van der Waals surface area contributed by atoms with Gasteiger partial charge >= 0.3 is 0 Å². The first-order valence-electron chi connectivity index (χ1n) is 4.99. The van der Waals surface area contributed by atoms with Crippen molar-refractivity contribution in [2.24, 2.45) is 5.41 Å². The van der Waals surface area contributed by atoms with Crippen LogP contribution in [0, 0.1) is 16.7 Å². The fraction of sp³-hybridized carbons (Fsp3) is 0.455. The number of rotatable bonds is 4. The Morgan fingerprint density at radius 1 is 1.60 bits per heavy atom. The second-order valence-electron chi connectivity index (χ2n) is 4.05. The first-order valence-corrected chi connectivity index (χ1v) is 4.99. The van der Waals surface area contributed by atoms with Crippen LogP contribution in [-0.2, 0) is 0 Å². The summed E-state index contributed by atoms with van der Waals surface area (Å²) in [5, 5.41) is 21.0. The Kier molecular flexibility index (Phi) is 2.57. The molecule has 0 unspecified atom stereocenters. The van der Waals surface area contributed by atoms with Gasteiger partial charge in [0.2, 0.25) is 0 Å². The lowest BCUT2D eigenvalue weighted by Crippen LogP contribution is -2.19. The molecule has 1 saturated carbocycles. The molecule has 0 atom stereocenters. The van der Waals surface area contributed by atoms with Gasteiger partial charge in [-0.2, -0.15) is 5.26 Å². The van der Waals surface area contributed by atoms with E-state index < -0.39 is 0 Å². The van der Waals surface area contributed by atoms with Crippen molar-refractivity contribution in [3.63, 3.8) is 0 Å². The van der Waals surface area contributed by atoms with Gasteiger partial charge in [-0.15, -0.1) is 0 Å². The van der Waals surface area contributed by atoms with Crippen molar-refractivity contribution < 1.29 is 5.11 Å². The van der Waals surface area contributed by atoms with Crippen molar-refractivity contribution >= 4 is 5.82 Å². The van der Waals surface area contributed by atoms with Crippen molar-refractivity contribution in [2.45, 2.75) is 12.8 Å². The van der Waals surface area contributed by atoms with Crippen LogP contribution in [0.4, 0.5) is 5.82 Å². The minimum Gasteiger partial charge on any atom is -0.396 e. The van der Waals surface area contributed by atoms with Crippen molar-refractivity contribution in [1.82, 2.24) is 4.98 Å². The number of aliphatic hydroxyl groups excluding tert-OH is 1. The van der Waals surface area contributed by atoms with Crippen LogP contribution in [0.15, 0.2) is 18.3 Å². The van der Waals surface area contributed by atoms with Gasteiger partial charge in [-0.3, -0.25) is 0 Å². The zero-order valence-corrected chi connectivity index (χ0v) is 8.40. The number of aliphatic hydroxyl groups is 1. The van der Waals surface area contributed by atoms with Crippen LogP contribution in [-0.4, -0.2) is 23.2 Å². The van der Waals surface area contributed by atoms with E-state index in [4.69, 9.17) is 10.4 Å². The summed E-state index contributed by atoms with van der Waals surface area (Å²) < 4.78 is 0. The van der Waals surface area contributed by atoms with Gasteiger partial charge in [0.25, 0.3) is 0 Å². The quantitative estimate of drug-likeness (QED) is 0.769. The van der Waals surface area contributed by atoms with E-state index in [1.54, 1.807) is 18.3 Å². The van der Waals surface area contributed by atoms with E-state index >= 15 is 0 Å². The average Bonchev–Trinajstić information content (AvgIpc) is 3.07. The summed E-state index contributed by atoms with van der Waals surface area (Å²) in [6.45, 7) is 0.948. The molecule has 1 fully saturated rings. The number of nitrogens with zero attached hydrogens (tertiary/aromatic N) is 2. The van der Waals surface area contributed by atoms with Gasteiger partial charge in [-0.05, 0) is 25.0 Å². The predicted molar refractivity (Wildman–Crippen MR) is 56.2 cm³/mol. The molecule has 4 nitrogen and oxygen atoms in total. The summed E-state index contributed by atoms with van der Waals surface area (Å²) >= 11 is 0. The Morgan fingerprint density at radius 3 is 3.00 bits per heavy atom. The highest BCUT2D eigenvalue weighted by Gasteiger charge is 2.41. The molecule has 1 aliphatic carbocycles. The van der Waals surface area contributed by atoms with E-state index in [2.05, 4.69) is 16.4 Å². The zero-order valence-electron chi connectivity index (χ0n) is 8.40. The number of pyridine rings is 1. The number of nitriles is 1. The molecule has 1 aromatic rings. The van der Waals surface area contributed by atoms with Gasteiger partial charge in [0.15, 0.2) is 0 Å². The number of nitrogens with one attached hydrogen (secondary N) is 1. The van der Waals surface area contributed by atoms with Gasteiger partial charge < -0.3 is 10.4 Å². The molecule has 1 aromatic heterocycles. The Labute approximate surface area is 88.6 Å². The summed E-state index contributed by atoms with van der Waals surface area (Å²) in [7, 11) is 0. The van der Waals surface area contributed by atoms with Crippen molar-refractivity contribution in [1.29, 1.82) is 5.26 Å². The maximum atomic E-state index is 9.12. The topological polar surface area (TPSA) is 68.9 Å². The van der Waals surface area contributed by atoms with Gasteiger partial charge in [0.05, 0.1) is 18.2 Å². The molecule has 0 bridgehead atoms. The summed E-state index contributed by atoms with van der Waals surface area (Å²) in [4.78, 5) is 4.11. The molecule has 1 aliphatic rings.